The molecule has 0 saturated carbocycles. The third-order valence-corrected chi connectivity index (χ3v) is 2.90. The van der Waals surface area contributed by atoms with Crippen LogP contribution in [0.4, 0.5) is 11.4 Å². The van der Waals surface area contributed by atoms with Crippen LogP contribution in [0.1, 0.15) is 12.8 Å². The van der Waals surface area contributed by atoms with Crippen molar-refractivity contribution in [2.24, 2.45) is 0 Å². The molecule has 2 rings (SSSR count). The Labute approximate surface area is 99.6 Å². The van der Waals surface area contributed by atoms with Crippen LogP contribution in [0.3, 0.4) is 0 Å². The van der Waals surface area contributed by atoms with Crippen molar-refractivity contribution < 1.29 is 9.59 Å². The third-order valence-electron chi connectivity index (χ3n) is 2.90. The number of nitrogens with zero attached hydrogens (tertiary/aromatic N) is 1. The highest BCUT2D eigenvalue weighted by Gasteiger charge is 2.31. The summed E-state index contributed by atoms with van der Waals surface area (Å²) in [5.74, 6) is -0.302. The molecule has 0 aliphatic carbocycles. The Balaban J connectivity index is 2.06. The summed E-state index contributed by atoms with van der Waals surface area (Å²) in [6.45, 7) is 0. The largest absolute Gasteiger partial charge is 0.399 e. The number of anilines is 2. The predicted octanol–water partition coefficient (Wildman–Crippen LogP) is 0.828. The number of likely N-dealkylation sites (N-methyl/N-ethyl adjacent to an activating group) is 1. The van der Waals surface area contributed by atoms with E-state index < -0.39 is 0 Å². The van der Waals surface area contributed by atoms with Gasteiger partial charge < -0.3 is 11.1 Å². The Morgan fingerprint density at radius 1 is 1.29 bits per heavy atom. The zero-order valence-electron chi connectivity index (χ0n) is 9.64. The maximum Gasteiger partial charge on any atom is 0.251 e. The highest BCUT2D eigenvalue weighted by atomic mass is 16.2. The number of amides is 2. The molecule has 90 valence electrons. The van der Waals surface area contributed by atoms with Crippen LogP contribution in [0.5, 0.6) is 0 Å². The molecule has 0 spiro atoms. The summed E-state index contributed by atoms with van der Waals surface area (Å²) in [7, 11) is 1.52. The molecule has 5 nitrogen and oxygen atoms in total. The van der Waals surface area contributed by atoms with Crippen LogP contribution in [0.25, 0.3) is 0 Å². The van der Waals surface area contributed by atoms with E-state index in [1.54, 1.807) is 12.1 Å². The lowest BCUT2D eigenvalue weighted by atomic mass is 10.0. The van der Waals surface area contributed by atoms with Crippen LogP contribution >= 0.6 is 0 Å². The first-order valence-corrected chi connectivity index (χ1v) is 5.50. The van der Waals surface area contributed by atoms with Gasteiger partial charge in [0.1, 0.15) is 6.04 Å². The molecule has 1 aromatic rings. The van der Waals surface area contributed by atoms with Gasteiger partial charge in [-0.1, -0.05) is 0 Å². The highest BCUT2D eigenvalue weighted by molar-refractivity contribution is 6.01. The van der Waals surface area contributed by atoms with Crippen molar-refractivity contribution in [3.63, 3.8) is 0 Å². The molecule has 1 aromatic carbocycles. The van der Waals surface area contributed by atoms with E-state index in [9.17, 15) is 9.59 Å². The van der Waals surface area contributed by atoms with E-state index in [0.717, 1.165) is 5.69 Å². The lowest BCUT2D eigenvalue weighted by molar-refractivity contribution is -0.146. The number of carbonyl (C=O) groups excluding carboxylic acids is 2. The fourth-order valence-corrected chi connectivity index (χ4v) is 1.83. The number of hydrogen-bond acceptors (Lipinski definition) is 4. The number of nitrogens with two attached hydrogens (primary N) is 1. The Hall–Kier alpha value is -2.04. The minimum Gasteiger partial charge on any atom is -0.399 e. The van der Waals surface area contributed by atoms with E-state index >= 15 is 0 Å². The third kappa shape index (κ3) is 2.38. The second-order valence-electron chi connectivity index (χ2n) is 4.15. The summed E-state index contributed by atoms with van der Waals surface area (Å²) in [5.41, 5.74) is 7.09. The number of piperidine rings is 1. The van der Waals surface area contributed by atoms with Gasteiger partial charge in [0.15, 0.2) is 0 Å². The van der Waals surface area contributed by atoms with E-state index in [1.165, 1.54) is 11.9 Å². The van der Waals surface area contributed by atoms with Crippen molar-refractivity contribution in [3.8, 4) is 0 Å². The monoisotopic (exact) mass is 233 g/mol. The Bertz CT molecular complexity index is 442. The first kappa shape index (κ1) is 11.4. The van der Waals surface area contributed by atoms with Gasteiger partial charge in [0.25, 0.3) is 5.91 Å². The van der Waals surface area contributed by atoms with Crippen LogP contribution < -0.4 is 11.1 Å². The standard InChI is InChI=1S/C12H15N3O2/c1-15-11(16)7-6-10(12(15)17)14-9-4-2-8(13)3-5-9/h2-5,10,14H,6-7,13H2,1H3. The summed E-state index contributed by atoms with van der Waals surface area (Å²) in [5, 5.41) is 3.11. The maximum absolute atomic E-state index is 11.8. The zero-order valence-corrected chi connectivity index (χ0v) is 9.64. The SMILES string of the molecule is CN1C(=O)CCC(Nc2ccc(N)cc2)C1=O. The Morgan fingerprint density at radius 2 is 1.94 bits per heavy atom. The number of rotatable bonds is 2. The van der Waals surface area contributed by atoms with Gasteiger partial charge >= 0.3 is 0 Å². The molecule has 5 heteroatoms. The molecule has 1 heterocycles. The van der Waals surface area contributed by atoms with Crippen molar-refractivity contribution in [1.82, 2.24) is 4.90 Å². The first-order chi connectivity index (χ1) is 8.08. The molecule has 0 aromatic heterocycles. The van der Waals surface area contributed by atoms with Crippen LogP contribution in [0, 0.1) is 0 Å². The summed E-state index contributed by atoms with van der Waals surface area (Å²) in [6.07, 6.45) is 0.932. The number of nitrogens with one attached hydrogen (secondary N) is 1. The summed E-state index contributed by atoms with van der Waals surface area (Å²) < 4.78 is 0. The van der Waals surface area contributed by atoms with Crippen LogP contribution in [0.2, 0.25) is 0 Å². The Kier molecular flexibility index (Phi) is 2.99. The molecule has 2 amide bonds. The van der Waals surface area contributed by atoms with E-state index in [2.05, 4.69) is 5.32 Å². The van der Waals surface area contributed by atoms with Gasteiger partial charge in [0.05, 0.1) is 0 Å². The summed E-state index contributed by atoms with van der Waals surface area (Å²) in [4.78, 5) is 24.3. The fraction of sp³-hybridized carbons (Fsp3) is 0.333. The van der Waals surface area contributed by atoms with Crippen molar-refractivity contribution in [2.45, 2.75) is 18.9 Å². The van der Waals surface area contributed by atoms with Crippen molar-refractivity contribution in [2.75, 3.05) is 18.1 Å². The topological polar surface area (TPSA) is 75.4 Å². The van der Waals surface area contributed by atoms with Crippen molar-refractivity contribution in [3.05, 3.63) is 24.3 Å². The molecule has 1 fully saturated rings. The number of nitrogen functional groups attached to an aromatic ring is 1. The quantitative estimate of drug-likeness (QED) is 0.586. The number of likely N-dealkylation sites (tertiary alicyclic amines) is 1. The summed E-state index contributed by atoms with van der Waals surface area (Å²) >= 11 is 0. The van der Waals surface area contributed by atoms with Crippen molar-refractivity contribution >= 4 is 23.2 Å². The molecule has 1 aliphatic heterocycles. The van der Waals surface area contributed by atoms with E-state index in [-0.39, 0.29) is 17.9 Å². The van der Waals surface area contributed by atoms with Crippen LogP contribution in [0.15, 0.2) is 24.3 Å². The second kappa shape index (κ2) is 4.45. The normalized spacial score (nSPS) is 20.5. The van der Waals surface area contributed by atoms with Gasteiger partial charge in [-0.15, -0.1) is 0 Å². The van der Waals surface area contributed by atoms with Crippen molar-refractivity contribution in [1.29, 1.82) is 0 Å². The average molecular weight is 233 g/mol. The lowest BCUT2D eigenvalue weighted by Gasteiger charge is -2.28. The van der Waals surface area contributed by atoms with Gasteiger partial charge in [0, 0.05) is 24.8 Å². The molecule has 1 aliphatic rings. The number of benzene rings is 1. The minimum atomic E-state index is -0.332. The highest BCUT2D eigenvalue weighted by Crippen LogP contribution is 2.18. The Morgan fingerprint density at radius 3 is 2.59 bits per heavy atom. The molecular weight excluding hydrogens is 218 g/mol. The molecule has 1 saturated heterocycles. The smallest absolute Gasteiger partial charge is 0.251 e. The number of carbonyl (C=O) groups is 2. The minimum absolute atomic E-state index is 0.120. The molecule has 3 N–H and O–H groups in total. The molecule has 1 atom stereocenters. The van der Waals surface area contributed by atoms with Gasteiger partial charge in [-0.25, -0.2) is 0 Å². The summed E-state index contributed by atoms with van der Waals surface area (Å²) in [6, 6.07) is 6.84. The average Bonchev–Trinajstić information content (AvgIpc) is 2.33. The molecule has 17 heavy (non-hydrogen) atoms. The van der Waals surface area contributed by atoms with Crippen LogP contribution in [-0.2, 0) is 9.59 Å². The fourth-order valence-electron chi connectivity index (χ4n) is 1.83. The molecule has 1 unspecified atom stereocenters. The predicted molar refractivity (Wildman–Crippen MR) is 65.3 cm³/mol. The van der Waals surface area contributed by atoms with Gasteiger partial charge in [-0.2, -0.15) is 0 Å². The van der Waals surface area contributed by atoms with E-state index in [4.69, 9.17) is 5.73 Å². The van der Waals surface area contributed by atoms with E-state index in [1.807, 2.05) is 12.1 Å². The number of imide groups is 1. The molecule has 0 bridgehead atoms. The zero-order chi connectivity index (χ0) is 12.4. The van der Waals surface area contributed by atoms with Gasteiger partial charge in [0.2, 0.25) is 5.91 Å². The number of hydrogen-bond donors (Lipinski definition) is 2. The lowest BCUT2D eigenvalue weighted by Crippen LogP contribution is -2.48. The molecular formula is C12H15N3O2. The van der Waals surface area contributed by atoms with Gasteiger partial charge in [-0.05, 0) is 30.7 Å². The maximum atomic E-state index is 11.8. The first-order valence-electron chi connectivity index (χ1n) is 5.50. The van der Waals surface area contributed by atoms with E-state index in [0.29, 0.717) is 18.5 Å². The van der Waals surface area contributed by atoms with Crippen LogP contribution in [-0.4, -0.2) is 29.8 Å². The second-order valence-corrected chi connectivity index (χ2v) is 4.15. The van der Waals surface area contributed by atoms with Gasteiger partial charge in [-0.3, -0.25) is 14.5 Å². The molecule has 0 radical (unpaired) electrons.